The van der Waals surface area contributed by atoms with Crippen molar-refractivity contribution >= 4 is 10.9 Å². The minimum atomic E-state index is 0.754. The highest BCUT2D eigenvalue weighted by molar-refractivity contribution is 5.78. The van der Waals surface area contributed by atoms with Crippen LogP contribution in [0.3, 0.4) is 0 Å². The molecule has 0 aliphatic heterocycles. The molecule has 0 spiro atoms. The number of nitrogens with zero attached hydrogens (tertiary/aromatic N) is 2. The van der Waals surface area contributed by atoms with Crippen LogP contribution in [0.5, 0.6) is 0 Å². The van der Waals surface area contributed by atoms with E-state index in [9.17, 15) is 0 Å². The standard InChI is InChI=1S/C14H14N4/c1-2-4-14-11(3-1)5-6-12(18-14)7-15-8-13-9-16-10-17-13/h1-6,9-10,15H,7-8H2,(H,16,17). The molecule has 4 heteroatoms. The lowest BCUT2D eigenvalue weighted by atomic mass is 10.2. The van der Waals surface area contributed by atoms with Crippen molar-refractivity contribution in [1.82, 2.24) is 20.3 Å². The molecule has 4 nitrogen and oxygen atoms in total. The molecule has 0 saturated heterocycles. The van der Waals surface area contributed by atoms with Gasteiger partial charge in [-0.3, -0.25) is 4.98 Å². The molecule has 0 aliphatic rings. The third-order valence-electron chi connectivity index (χ3n) is 2.83. The molecule has 0 radical (unpaired) electrons. The van der Waals surface area contributed by atoms with Gasteiger partial charge in [0.15, 0.2) is 0 Å². The zero-order valence-corrected chi connectivity index (χ0v) is 9.93. The summed E-state index contributed by atoms with van der Waals surface area (Å²) in [4.78, 5) is 11.6. The van der Waals surface area contributed by atoms with Gasteiger partial charge < -0.3 is 10.3 Å². The fraction of sp³-hybridized carbons (Fsp3) is 0.143. The minimum absolute atomic E-state index is 0.754. The predicted octanol–water partition coefficient (Wildman–Crippen LogP) is 2.25. The van der Waals surface area contributed by atoms with E-state index < -0.39 is 0 Å². The number of aromatic amines is 1. The summed E-state index contributed by atoms with van der Waals surface area (Å²) in [6.07, 6.45) is 3.51. The molecule has 0 bridgehead atoms. The van der Waals surface area contributed by atoms with Gasteiger partial charge in [-0.15, -0.1) is 0 Å². The van der Waals surface area contributed by atoms with E-state index in [1.165, 1.54) is 5.39 Å². The van der Waals surface area contributed by atoms with Gasteiger partial charge in [0.2, 0.25) is 0 Å². The lowest BCUT2D eigenvalue weighted by Crippen LogP contribution is -2.13. The third kappa shape index (κ3) is 2.38. The summed E-state index contributed by atoms with van der Waals surface area (Å²) in [5, 5.41) is 4.51. The topological polar surface area (TPSA) is 53.6 Å². The maximum atomic E-state index is 4.61. The van der Waals surface area contributed by atoms with Crippen LogP contribution >= 0.6 is 0 Å². The van der Waals surface area contributed by atoms with Gasteiger partial charge in [0.1, 0.15) is 0 Å². The van der Waals surface area contributed by atoms with Crippen molar-refractivity contribution in [2.75, 3.05) is 0 Å². The summed E-state index contributed by atoms with van der Waals surface area (Å²) < 4.78 is 0. The van der Waals surface area contributed by atoms with Gasteiger partial charge in [-0.1, -0.05) is 24.3 Å². The molecule has 18 heavy (non-hydrogen) atoms. The number of fused-ring (bicyclic) bond motifs is 1. The Hall–Kier alpha value is -2.20. The first-order valence-corrected chi connectivity index (χ1v) is 5.94. The fourth-order valence-electron chi connectivity index (χ4n) is 1.91. The van der Waals surface area contributed by atoms with E-state index in [1.807, 2.05) is 24.4 Å². The number of benzene rings is 1. The van der Waals surface area contributed by atoms with Gasteiger partial charge in [0.05, 0.1) is 17.5 Å². The van der Waals surface area contributed by atoms with Crippen LogP contribution < -0.4 is 5.32 Å². The van der Waals surface area contributed by atoms with Gasteiger partial charge in [0, 0.05) is 30.4 Å². The Kier molecular flexibility index (Phi) is 3.02. The zero-order chi connectivity index (χ0) is 12.2. The maximum absolute atomic E-state index is 4.61. The van der Waals surface area contributed by atoms with E-state index in [-0.39, 0.29) is 0 Å². The summed E-state index contributed by atoms with van der Waals surface area (Å²) in [7, 11) is 0. The summed E-state index contributed by atoms with van der Waals surface area (Å²) in [6, 6.07) is 12.3. The van der Waals surface area contributed by atoms with Crippen molar-refractivity contribution < 1.29 is 0 Å². The number of rotatable bonds is 4. The third-order valence-corrected chi connectivity index (χ3v) is 2.83. The lowest BCUT2D eigenvalue weighted by Gasteiger charge is -2.04. The van der Waals surface area contributed by atoms with Crippen LogP contribution in [-0.4, -0.2) is 15.0 Å². The second kappa shape index (κ2) is 4.98. The van der Waals surface area contributed by atoms with Crippen molar-refractivity contribution in [3.63, 3.8) is 0 Å². The first kappa shape index (κ1) is 10.9. The van der Waals surface area contributed by atoms with Crippen LogP contribution in [0.25, 0.3) is 10.9 Å². The zero-order valence-electron chi connectivity index (χ0n) is 9.93. The number of pyridine rings is 1. The fourth-order valence-corrected chi connectivity index (χ4v) is 1.91. The summed E-state index contributed by atoms with van der Waals surface area (Å²) in [6.45, 7) is 1.53. The van der Waals surface area contributed by atoms with Gasteiger partial charge >= 0.3 is 0 Å². The Morgan fingerprint density at radius 3 is 2.89 bits per heavy atom. The van der Waals surface area contributed by atoms with Crippen molar-refractivity contribution in [2.24, 2.45) is 0 Å². The number of imidazole rings is 1. The van der Waals surface area contributed by atoms with E-state index >= 15 is 0 Å². The molecule has 90 valence electrons. The van der Waals surface area contributed by atoms with E-state index in [0.717, 1.165) is 30.0 Å². The minimum Gasteiger partial charge on any atom is -0.347 e. The average Bonchev–Trinajstić information content (AvgIpc) is 2.92. The Balaban J connectivity index is 1.67. The molecule has 0 amide bonds. The normalized spacial score (nSPS) is 10.9. The second-order valence-electron chi connectivity index (χ2n) is 4.18. The number of hydrogen-bond acceptors (Lipinski definition) is 3. The van der Waals surface area contributed by atoms with E-state index in [4.69, 9.17) is 0 Å². The molecule has 0 aliphatic carbocycles. The van der Waals surface area contributed by atoms with E-state index in [0.29, 0.717) is 0 Å². The molecule has 3 rings (SSSR count). The largest absolute Gasteiger partial charge is 0.347 e. The van der Waals surface area contributed by atoms with Crippen LogP contribution in [-0.2, 0) is 13.1 Å². The first-order valence-electron chi connectivity index (χ1n) is 5.94. The average molecular weight is 238 g/mol. The smallest absolute Gasteiger partial charge is 0.0922 e. The number of nitrogens with one attached hydrogen (secondary N) is 2. The molecule has 2 N–H and O–H groups in total. The quantitative estimate of drug-likeness (QED) is 0.733. The molecular weight excluding hydrogens is 224 g/mol. The molecular formula is C14H14N4. The van der Waals surface area contributed by atoms with Crippen molar-refractivity contribution in [2.45, 2.75) is 13.1 Å². The molecule has 0 saturated carbocycles. The number of para-hydroxylation sites is 1. The monoisotopic (exact) mass is 238 g/mol. The van der Waals surface area contributed by atoms with Gasteiger partial charge in [0.25, 0.3) is 0 Å². The van der Waals surface area contributed by atoms with Gasteiger partial charge in [-0.05, 0) is 12.1 Å². The number of H-pyrrole nitrogens is 1. The summed E-state index contributed by atoms with van der Waals surface area (Å²) in [5.74, 6) is 0. The molecule has 2 heterocycles. The van der Waals surface area contributed by atoms with E-state index in [1.54, 1.807) is 6.33 Å². The molecule has 0 atom stereocenters. The SMILES string of the molecule is c1ccc2nc(CNCc3cnc[nH]3)ccc2c1. The maximum Gasteiger partial charge on any atom is 0.0922 e. The van der Waals surface area contributed by atoms with Crippen molar-refractivity contribution in [3.05, 3.63) is 60.3 Å². The lowest BCUT2D eigenvalue weighted by molar-refractivity contribution is 0.671. The Morgan fingerprint density at radius 1 is 1.06 bits per heavy atom. The van der Waals surface area contributed by atoms with Crippen molar-refractivity contribution in [1.29, 1.82) is 0 Å². The highest BCUT2D eigenvalue weighted by Gasteiger charge is 1.98. The summed E-state index contributed by atoms with van der Waals surface area (Å²) in [5.41, 5.74) is 3.17. The molecule has 1 aromatic carbocycles. The van der Waals surface area contributed by atoms with Crippen LogP contribution in [0.1, 0.15) is 11.4 Å². The van der Waals surface area contributed by atoms with Crippen LogP contribution in [0.4, 0.5) is 0 Å². The van der Waals surface area contributed by atoms with Crippen LogP contribution in [0, 0.1) is 0 Å². The molecule has 0 unspecified atom stereocenters. The Morgan fingerprint density at radius 2 is 2.00 bits per heavy atom. The number of hydrogen-bond donors (Lipinski definition) is 2. The van der Waals surface area contributed by atoms with Crippen LogP contribution in [0.15, 0.2) is 48.9 Å². The second-order valence-corrected chi connectivity index (χ2v) is 4.18. The van der Waals surface area contributed by atoms with Gasteiger partial charge in [-0.2, -0.15) is 0 Å². The number of aromatic nitrogens is 3. The highest BCUT2D eigenvalue weighted by Crippen LogP contribution is 2.11. The Bertz CT molecular complexity index is 631. The summed E-state index contributed by atoms with van der Waals surface area (Å²) >= 11 is 0. The van der Waals surface area contributed by atoms with Gasteiger partial charge in [-0.25, -0.2) is 4.98 Å². The van der Waals surface area contributed by atoms with Crippen molar-refractivity contribution in [3.8, 4) is 0 Å². The Labute approximate surface area is 105 Å². The highest BCUT2D eigenvalue weighted by atomic mass is 14.9. The first-order chi connectivity index (χ1) is 8.92. The molecule has 3 aromatic rings. The molecule has 0 fully saturated rings. The van der Waals surface area contributed by atoms with Crippen LogP contribution in [0.2, 0.25) is 0 Å². The predicted molar refractivity (Wildman–Crippen MR) is 70.9 cm³/mol. The van der Waals surface area contributed by atoms with E-state index in [2.05, 4.69) is 38.5 Å². The molecule has 2 aromatic heterocycles.